The van der Waals surface area contributed by atoms with Crippen molar-refractivity contribution in [3.63, 3.8) is 0 Å². The molecule has 28 heavy (non-hydrogen) atoms. The van der Waals surface area contributed by atoms with Crippen molar-refractivity contribution in [2.45, 2.75) is 26.2 Å². The lowest BCUT2D eigenvalue weighted by Gasteiger charge is -2.37. The largest absolute Gasteiger partial charge is 0.497 e. The summed E-state index contributed by atoms with van der Waals surface area (Å²) in [4.78, 5) is 13.9. The number of hydrogen-bond donors (Lipinski definition) is 1. The fourth-order valence-electron chi connectivity index (χ4n) is 3.31. The van der Waals surface area contributed by atoms with Crippen LogP contribution in [-0.4, -0.2) is 62.7 Å². The minimum absolute atomic E-state index is 0.501. The summed E-state index contributed by atoms with van der Waals surface area (Å²) in [7, 11) is 3.56. The van der Waals surface area contributed by atoms with Crippen LogP contribution in [0.2, 0.25) is 0 Å². The maximum absolute atomic E-state index is 5.25. The van der Waals surface area contributed by atoms with E-state index in [-0.39, 0.29) is 0 Å². The van der Waals surface area contributed by atoms with Gasteiger partial charge in [0.25, 0.3) is 0 Å². The zero-order chi connectivity index (χ0) is 19.9. The Balaban J connectivity index is 1.46. The number of benzene rings is 1. The van der Waals surface area contributed by atoms with E-state index in [1.807, 2.05) is 19.2 Å². The molecule has 0 atom stereocenters. The first-order chi connectivity index (χ1) is 13.6. The predicted octanol–water partition coefficient (Wildman–Crippen LogP) is 3.22. The Morgan fingerprint density at radius 1 is 1.21 bits per heavy atom. The van der Waals surface area contributed by atoms with Gasteiger partial charge in [-0.05, 0) is 24.3 Å². The minimum atomic E-state index is 0.501. The Kier molecular flexibility index (Phi) is 7.14. The van der Waals surface area contributed by atoms with Crippen molar-refractivity contribution in [2.75, 3.05) is 51.8 Å². The number of rotatable bonds is 6. The normalized spacial score (nSPS) is 15.2. The molecular weight excluding hydrogens is 370 g/mol. The molecule has 7 heteroatoms. The maximum Gasteiger partial charge on any atom is 0.193 e. The summed E-state index contributed by atoms with van der Waals surface area (Å²) in [5.74, 6) is 2.38. The number of piperazine rings is 1. The summed E-state index contributed by atoms with van der Waals surface area (Å²) in [6.07, 6.45) is 0.925. The van der Waals surface area contributed by atoms with Crippen molar-refractivity contribution in [3.8, 4) is 5.75 Å². The monoisotopic (exact) mass is 401 g/mol. The van der Waals surface area contributed by atoms with Gasteiger partial charge in [-0.3, -0.25) is 4.99 Å². The Morgan fingerprint density at radius 3 is 2.50 bits per heavy atom. The van der Waals surface area contributed by atoms with E-state index in [0.29, 0.717) is 5.92 Å². The fourth-order valence-corrected chi connectivity index (χ4v) is 4.18. The highest BCUT2D eigenvalue weighted by atomic mass is 32.1. The van der Waals surface area contributed by atoms with Gasteiger partial charge in [0.05, 0.1) is 17.8 Å². The molecular formula is C21H31N5OS. The van der Waals surface area contributed by atoms with Crippen LogP contribution in [0.15, 0.2) is 34.6 Å². The zero-order valence-electron chi connectivity index (χ0n) is 17.3. The lowest BCUT2D eigenvalue weighted by molar-refractivity contribution is 0.372. The molecule has 3 rings (SSSR count). The molecule has 0 spiro atoms. The van der Waals surface area contributed by atoms with Gasteiger partial charge in [-0.1, -0.05) is 13.8 Å². The van der Waals surface area contributed by atoms with Crippen LogP contribution in [0.25, 0.3) is 0 Å². The number of methoxy groups -OCH3 is 1. The van der Waals surface area contributed by atoms with Gasteiger partial charge in [-0.25, -0.2) is 4.98 Å². The second kappa shape index (κ2) is 9.78. The highest BCUT2D eigenvalue weighted by molar-refractivity contribution is 7.09. The molecule has 1 fully saturated rings. The van der Waals surface area contributed by atoms with E-state index in [1.54, 1.807) is 18.4 Å². The van der Waals surface area contributed by atoms with Crippen molar-refractivity contribution in [3.05, 3.63) is 40.3 Å². The second-order valence-corrected chi connectivity index (χ2v) is 8.12. The van der Waals surface area contributed by atoms with Crippen LogP contribution in [0.5, 0.6) is 5.75 Å². The molecule has 1 aliphatic rings. The molecule has 0 aliphatic carbocycles. The van der Waals surface area contributed by atoms with Crippen LogP contribution in [0.1, 0.15) is 30.5 Å². The summed E-state index contributed by atoms with van der Waals surface area (Å²) < 4.78 is 5.25. The molecule has 6 nitrogen and oxygen atoms in total. The number of ether oxygens (including phenoxy) is 1. The van der Waals surface area contributed by atoms with E-state index < -0.39 is 0 Å². The molecule has 0 radical (unpaired) electrons. The van der Waals surface area contributed by atoms with Crippen molar-refractivity contribution in [1.29, 1.82) is 0 Å². The molecule has 2 aromatic rings. The number of nitrogens with zero attached hydrogens (tertiary/aromatic N) is 4. The number of guanidine groups is 1. The first-order valence-corrected chi connectivity index (χ1v) is 10.8. The number of hydrogen-bond acceptors (Lipinski definition) is 5. The number of aliphatic imine (C=N–C) groups is 1. The Morgan fingerprint density at radius 2 is 1.93 bits per heavy atom. The quantitative estimate of drug-likeness (QED) is 0.595. The molecule has 2 heterocycles. The third-order valence-corrected chi connectivity index (χ3v) is 6.15. The van der Waals surface area contributed by atoms with Crippen molar-refractivity contribution >= 4 is 23.0 Å². The third kappa shape index (κ3) is 5.16. The average molecular weight is 402 g/mol. The van der Waals surface area contributed by atoms with Gasteiger partial charge in [0, 0.05) is 63.2 Å². The standard InChI is InChI=1S/C21H31N5OS/c1-16(2)20-24-17(15-28-20)9-10-23-21(22-3)26-13-11-25(12-14-26)18-5-7-19(27-4)8-6-18/h5-8,15-16H,9-14H2,1-4H3,(H,22,23). The summed E-state index contributed by atoms with van der Waals surface area (Å²) in [5, 5.41) is 6.89. The van der Waals surface area contributed by atoms with Crippen molar-refractivity contribution < 1.29 is 4.74 Å². The van der Waals surface area contributed by atoms with Gasteiger partial charge in [-0.2, -0.15) is 0 Å². The topological polar surface area (TPSA) is 53.0 Å². The van der Waals surface area contributed by atoms with Crippen molar-refractivity contribution in [2.24, 2.45) is 4.99 Å². The summed E-state index contributed by atoms with van der Waals surface area (Å²) in [5.41, 5.74) is 2.41. The van der Waals surface area contributed by atoms with Crippen LogP contribution >= 0.6 is 11.3 Å². The third-order valence-electron chi connectivity index (χ3n) is 4.96. The SMILES string of the molecule is CN=C(NCCc1csc(C(C)C)n1)N1CCN(c2ccc(OC)cc2)CC1. The van der Waals surface area contributed by atoms with E-state index in [4.69, 9.17) is 9.72 Å². The highest BCUT2D eigenvalue weighted by Gasteiger charge is 2.19. The van der Waals surface area contributed by atoms with E-state index >= 15 is 0 Å². The highest BCUT2D eigenvalue weighted by Crippen LogP contribution is 2.21. The number of anilines is 1. The van der Waals surface area contributed by atoms with Gasteiger partial charge in [-0.15, -0.1) is 11.3 Å². The Bertz CT molecular complexity index is 763. The molecule has 1 aromatic heterocycles. The average Bonchev–Trinajstić information content (AvgIpc) is 3.21. The predicted molar refractivity (Wildman–Crippen MR) is 118 cm³/mol. The second-order valence-electron chi connectivity index (χ2n) is 7.23. The summed E-state index contributed by atoms with van der Waals surface area (Å²) in [6, 6.07) is 8.29. The smallest absolute Gasteiger partial charge is 0.193 e. The molecule has 0 amide bonds. The lowest BCUT2D eigenvalue weighted by Crippen LogP contribution is -2.52. The van der Waals surface area contributed by atoms with Crippen LogP contribution < -0.4 is 15.0 Å². The molecule has 152 valence electrons. The van der Waals surface area contributed by atoms with Crippen LogP contribution in [-0.2, 0) is 6.42 Å². The number of thiazole rings is 1. The molecule has 1 aromatic carbocycles. The minimum Gasteiger partial charge on any atom is -0.497 e. The van der Waals surface area contributed by atoms with Crippen LogP contribution in [0, 0.1) is 0 Å². The van der Waals surface area contributed by atoms with Gasteiger partial charge in [0.2, 0.25) is 0 Å². The lowest BCUT2D eigenvalue weighted by atomic mass is 10.2. The number of nitrogens with one attached hydrogen (secondary N) is 1. The maximum atomic E-state index is 5.25. The van der Waals surface area contributed by atoms with E-state index in [0.717, 1.165) is 50.9 Å². The first kappa shape index (κ1) is 20.5. The molecule has 1 saturated heterocycles. The molecule has 1 aliphatic heterocycles. The van der Waals surface area contributed by atoms with E-state index in [9.17, 15) is 0 Å². The Labute approximate surface area is 172 Å². The van der Waals surface area contributed by atoms with Gasteiger partial charge < -0.3 is 19.9 Å². The van der Waals surface area contributed by atoms with E-state index in [1.165, 1.54) is 16.4 Å². The summed E-state index contributed by atoms with van der Waals surface area (Å²) >= 11 is 1.76. The zero-order valence-corrected chi connectivity index (χ0v) is 18.1. The van der Waals surface area contributed by atoms with Gasteiger partial charge >= 0.3 is 0 Å². The Hall–Kier alpha value is -2.28. The van der Waals surface area contributed by atoms with E-state index in [2.05, 4.69) is 51.5 Å². The molecule has 0 saturated carbocycles. The van der Waals surface area contributed by atoms with Crippen molar-refractivity contribution in [1.82, 2.24) is 15.2 Å². The number of aromatic nitrogens is 1. The summed E-state index contributed by atoms with van der Waals surface area (Å²) in [6.45, 7) is 9.11. The fraction of sp³-hybridized carbons (Fsp3) is 0.524. The van der Waals surface area contributed by atoms with Crippen LogP contribution in [0.3, 0.4) is 0 Å². The molecule has 0 bridgehead atoms. The molecule has 0 unspecified atom stereocenters. The van der Waals surface area contributed by atoms with Gasteiger partial charge in [0.15, 0.2) is 5.96 Å². The van der Waals surface area contributed by atoms with Crippen LogP contribution in [0.4, 0.5) is 5.69 Å². The van der Waals surface area contributed by atoms with Gasteiger partial charge in [0.1, 0.15) is 5.75 Å². The molecule has 1 N–H and O–H groups in total. The first-order valence-electron chi connectivity index (χ1n) is 9.89.